The molecule has 2 aromatic heterocycles. The first-order valence-corrected chi connectivity index (χ1v) is 9.63. The lowest BCUT2D eigenvalue weighted by Gasteiger charge is -2.22. The Kier molecular flexibility index (Phi) is 5.41. The Morgan fingerprint density at radius 2 is 2.07 bits per heavy atom. The average Bonchev–Trinajstić information content (AvgIpc) is 3.23. The van der Waals surface area contributed by atoms with Crippen LogP contribution in [-0.2, 0) is 6.61 Å². The lowest BCUT2D eigenvalue weighted by atomic mass is 10.0. The number of benzene rings is 1. The number of anilines is 1. The summed E-state index contributed by atoms with van der Waals surface area (Å²) in [6.45, 7) is 3.35. The van der Waals surface area contributed by atoms with Crippen LogP contribution in [0.3, 0.4) is 0 Å². The van der Waals surface area contributed by atoms with Crippen molar-refractivity contribution >= 4 is 5.69 Å². The molecule has 3 heterocycles. The van der Waals surface area contributed by atoms with Gasteiger partial charge >= 0.3 is 0 Å². The number of aliphatic hydroxyl groups is 1. The molecule has 4 rings (SSSR count). The molecular formula is C23H22N4O2. The minimum absolute atomic E-state index is 0.0362. The molecule has 6 nitrogen and oxygen atoms in total. The first-order chi connectivity index (χ1) is 14.2. The van der Waals surface area contributed by atoms with Gasteiger partial charge in [0.2, 0.25) is 5.88 Å². The number of nitriles is 1. The molecule has 0 radical (unpaired) electrons. The van der Waals surface area contributed by atoms with Crippen LogP contribution in [0.2, 0.25) is 0 Å². The van der Waals surface area contributed by atoms with Gasteiger partial charge in [-0.25, -0.2) is 9.97 Å². The molecule has 146 valence electrons. The first kappa shape index (κ1) is 18.9. The van der Waals surface area contributed by atoms with E-state index in [0.29, 0.717) is 29.4 Å². The molecule has 1 aliphatic heterocycles. The van der Waals surface area contributed by atoms with Crippen molar-refractivity contribution in [2.24, 2.45) is 0 Å². The van der Waals surface area contributed by atoms with E-state index < -0.39 is 0 Å². The van der Waals surface area contributed by atoms with Gasteiger partial charge in [0, 0.05) is 30.3 Å². The minimum Gasteiger partial charge on any atom is -0.472 e. The number of pyridine rings is 2. The van der Waals surface area contributed by atoms with Gasteiger partial charge < -0.3 is 14.7 Å². The Labute approximate surface area is 170 Å². The Bertz CT molecular complexity index is 1060. The molecule has 29 heavy (non-hydrogen) atoms. The van der Waals surface area contributed by atoms with E-state index in [1.807, 2.05) is 49.4 Å². The predicted octanol–water partition coefficient (Wildman–Crippen LogP) is 3.47. The van der Waals surface area contributed by atoms with Crippen LogP contribution in [0.15, 0.2) is 54.7 Å². The van der Waals surface area contributed by atoms with Crippen molar-refractivity contribution in [1.82, 2.24) is 9.97 Å². The van der Waals surface area contributed by atoms with Crippen molar-refractivity contribution in [3.8, 4) is 23.2 Å². The van der Waals surface area contributed by atoms with Crippen molar-refractivity contribution in [2.75, 3.05) is 18.0 Å². The van der Waals surface area contributed by atoms with Gasteiger partial charge in [0.15, 0.2) is 0 Å². The monoisotopic (exact) mass is 386 g/mol. The zero-order valence-corrected chi connectivity index (χ0v) is 16.2. The molecule has 3 aromatic rings. The van der Waals surface area contributed by atoms with Gasteiger partial charge in [0.25, 0.3) is 0 Å². The van der Waals surface area contributed by atoms with Crippen molar-refractivity contribution in [2.45, 2.75) is 26.1 Å². The van der Waals surface area contributed by atoms with E-state index in [1.54, 1.807) is 12.3 Å². The molecule has 1 fully saturated rings. The smallest absolute Gasteiger partial charge is 0.216 e. The lowest BCUT2D eigenvalue weighted by Crippen LogP contribution is -2.26. The third-order valence-corrected chi connectivity index (χ3v) is 5.15. The Morgan fingerprint density at radius 3 is 2.86 bits per heavy atom. The maximum Gasteiger partial charge on any atom is 0.216 e. The molecule has 1 atom stereocenters. The van der Waals surface area contributed by atoms with Crippen LogP contribution < -0.4 is 9.64 Å². The number of nitrogens with zero attached hydrogens (tertiary/aromatic N) is 4. The van der Waals surface area contributed by atoms with Gasteiger partial charge in [-0.1, -0.05) is 24.3 Å². The van der Waals surface area contributed by atoms with Crippen LogP contribution in [0, 0.1) is 18.3 Å². The summed E-state index contributed by atoms with van der Waals surface area (Å²) in [6.07, 6.45) is 2.65. The third-order valence-electron chi connectivity index (χ3n) is 5.15. The summed E-state index contributed by atoms with van der Waals surface area (Å²) < 4.78 is 6.08. The zero-order valence-electron chi connectivity index (χ0n) is 16.2. The number of aliphatic hydroxyl groups excluding tert-OH is 1. The average molecular weight is 386 g/mol. The minimum atomic E-state index is -0.167. The number of rotatable bonds is 5. The largest absolute Gasteiger partial charge is 0.472 e. The van der Waals surface area contributed by atoms with E-state index >= 15 is 0 Å². The number of aromatic nitrogens is 2. The topological polar surface area (TPSA) is 82.3 Å². The van der Waals surface area contributed by atoms with Crippen LogP contribution >= 0.6 is 0 Å². The summed E-state index contributed by atoms with van der Waals surface area (Å²) in [5.41, 5.74) is 4.54. The van der Waals surface area contributed by atoms with Gasteiger partial charge in [-0.05, 0) is 31.2 Å². The fourth-order valence-electron chi connectivity index (χ4n) is 3.65. The summed E-state index contributed by atoms with van der Waals surface area (Å²) in [7, 11) is 0. The van der Waals surface area contributed by atoms with E-state index in [0.717, 1.165) is 29.8 Å². The van der Waals surface area contributed by atoms with Gasteiger partial charge in [0.1, 0.15) is 6.10 Å². The molecule has 0 bridgehead atoms. The van der Waals surface area contributed by atoms with E-state index in [9.17, 15) is 10.4 Å². The number of ether oxygens (including phenoxy) is 1. The van der Waals surface area contributed by atoms with Crippen molar-refractivity contribution in [3.63, 3.8) is 0 Å². The van der Waals surface area contributed by atoms with Crippen molar-refractivity contribution in [3.05, 3.63) is 71.5 Å². The maximum absolute atomic E-state index is 9.92. The van der Waals surface area contributed by atoms with Crippen LogP contribution in [0.4, 0.5) is 5.69 Å². The molecule has 0 spiro atoms. The highest BCUT2D eigenvalue weighted by Gasteiger charge is 2.27. The van der Waals surface area contributed by atoms with E-state index in [1.165, 1.54) is 0 Å². The molecule has 0 amide bonds. The second-order valence-corrected chi connectivity index (χ2v) is 7.08. The summed E-state index contributed by atoms with van der Waals surface area (Å²) in [5, 5.41) is 19.3. The van der Waals surface area contributed by atoms with Gasteiger partial charge in [-0.15, -0.1) is 0 Å². The van der Waals surface area contributed by atoms with Crippen LogP contribution in [-0.4, -0.2) is 34.3 Å². The van der Waals surface area contributed by atoms with E-state index in [2.05, 4.69) is 20.9 Å². The summed E-state index contributed by atoms with van der Waals surface area (Å²) in [6, 6.07) is 17.3. The zero-order chi connectivity index (χ0) is 20.2. The third kappa shape index (κ3) is 3.91. The summed E-state index contributed by atoms with van der Waals surface area (Å²) in [5.74, 6) is 0.670. The van der Waals surface area contributed by atoms with Crippen LogP contribution in [0.1, 0.15) is 23.2 Å². The predicted molar refractivity (Wildman–Crippen MR) is 111 cm³/mol. The normalized spacial score (nSPS) is 15.9. The van der Waals surface area contributed by atoms with Crippen LogP contribution in [0.5, 0.6) is 5.88 Å². The Morgan fingerprint density at radius 1 is 1.21 bits per heavy atom. The molecule has 1 N–H and O–H groups in total. The highest BCUT2D eigenvalue weighted by Crippen LogP contribution is 2.30. The van der Waals surface area contributed by atoms with Crippen molar-refractivity contribution in [1.29, 1.82) is 5.26 Å². The van der Waals surface area contributed by atoms with Crippen LogP contribution in [0.25, 0.3) is 11.3 Å². The summed E-state index contributed by atoms with van der Waals surface area (Å²) in [4.78, 5) is 11.1. The number of aryl methyl sites for hydroxylation is 1. The van der Waals surface area contributed by atoms with Crippen molar-refractivity contribution < 1.29 is 9.84 Å². The molecular weight excluding hydrogens is 364 g/mol. The Balaban J connectivity index is 1.55. The second-order valence-electron chi connectivity index (χ2n) is 7.08. The number of hydrogen-bond acceptors (Lipinski definition) is 6. The SMILES string of the molecule is Cc1cccnc1O[C@H]1CCN(c2ccc(-c3ccccc3C#N)nc2CO)C1. The number of hydrogen-bond donors (Lipinski definition) is 1. The molecule has 1 aliphatic rings. The maximum atomic E-state index is 9.92. The highest BCUT2D eigenvalue weighted by molar-refractivity contribution is 5.69. The molecule has 0 aliphatic carbocycles. The fourth-order valence-corrected chi connectivity index (χ4v) is 3.65. The molecule has 0 saturated carbocycles. The second kappa shape index (κ2) is 8.29. The Hall–Kier alpha value is -3.43. The molecule has 1 saturated heterocycles. The molecule has 1 aromatic carbocycles. The summed E-state index contributed by atoms with van der Waals surface area (Å²) >= 11 is 0. The quantitative estimate of drug-likeness (QED) is 0.723. The lowest BCUT2D eigenvalue weighted by molar-refractivity contribution is 0.214. The fraction of sp³-hybridized carbons (Fsp3) is 0.261. The first-order valence-electron chi connectivity index (χ1n) is 9.63. The van der Waals surface area contributed by atoms with Gasteiger partial charge in [-0.3, -0.25) is 0 Å². The van der Waals surface area contributed by atoms with Gasteiger partial charge in [0.05, 0.1) is 41.9 Å². The van der Waals surface area contributed by atoms with E-state index in [4.69, 9.17) is 4.74 Å². The highest BCUT2D eigenvalue weighted by atomic mass is 16.5. The van der Waals surface area contributed by atoms with E-state index in [-0.39, 0.29) is 12.7 Å². The molecule has 6 heteroatoms. The molecule has 0 unspecified atom stereocenters. The standard InChI is InChI=1S/C23H22N4O2/c1-16-5-4-11-25-23(16)29-18-10-12-27(14-18)22-9-8-20(26-21(22)15-28)19-7-3-2-6-17(19)13-24/h2-9,11,18,28H,10,12,14-15H2,1H3/t18-/m0/s1. The van der Waals surface area contributed by atoms with Gasteiger partial charge in [-0.2, -0.15) is 5.26 Å².